The van der Waals surface area contributed by atoms with Crippen LogP contribution in [0.15, 0.2) is 66.7 Å². The molecule has 0 aliphatic heterocycles. The van der Waals surface area contributed by atoms with Gasteiger partial charge in [-0.3, -0.25) is 4.79 Å². The number of aromatic nitrogens is 2. The maximum absolute atomic E-state index is 13.3. The van der Waals surface area contributed by atoms with Crippen LogP contribution in [0.5, 0.6) is 0 Å². The molecule has 1 amide bonds. The molecule has 1 heterocycles. The molecule has 6 nitrogen and oxygen atoms in total. The molecule has 0 saturated heterocycles. The van der Waals surface area contributed by atoms with Gasteiger partial charge in [-0.2, -0.15) is 5.10 Å². The summed E-state index contributed by atoms with van der Waals surface area (Å²) in [5.41, 5.74) is 3.07. The Bertz CT molecular complexity index is 871. The van der Waals surface area contributed by atoms with E-state index < -0.39 is 0 Å². The van der Waals surface area contributed by atoms with Crippen molar-refractivity contribution in [3.05, 3.63) is 72.4 Å². The Morgan fingerprint density at radius 2 is 1.50 bits per heavy atom. The van der Waals surface area contributed by atoms with E-state index in [1.54, 1.807) is 23.8 Å². The van der Waals surface area contributed by atoms with E-state index in [9.17, 15) is 4.79 Å². The van der Waals surface area contributed by atoms with Crippen molar-refractivity contribution in [2.75, 3.05) is 40.5 Å². The van der Waals surface area contributed by atoms with Crippen molar-refractivity contribution in [3.63, 3.8) is 0 Å². The quantitative estimate of drug-likeness (QED) is 0.573. The molecular weight excluding hydrogens is 354 g/mol. The molecule has 0 N–H and O–H groups in total. The molecule has 0 saturated carbocycles. The largest absolute Gasteiger partial charge is 0.383 e. The minimum Gasteiger partial charge on any atom is -0.383 e. The predicted octanol–water partition coefficient (Wildman–Crippen LogP) is 3.27. The average molecular weight is 379 g/mol. The summed E-state index contributed by atoms with van der Waals surface area (Å²) in [7, 11) is 3.25. The molecule has 0 aliphatic carbocycles. The van der Waals surface area contributed by atoms with Gasteiger partial charge in [-0.1, -0.05) is 48.5 Å². The Morgan fingerprint density at radius 1 is 0.929 bits per heavy atom. The first-order valence-electron chi connectivity index (χ1n) is 9.22. The number of para-hydroxylation sites is 1. The van der Waals surface area contributed by atoms with Gasteiger partial charge < -0.3 is 14.4 Å². The highest BCUT2D eigenvalue weighted by Crippen LogP contribution is 2.22. The van der Waals surface area contributed by atoms with Gasteiger partial charge in [0, 0.05) is 32.9 Å². The fourth-order valence-electron chi connectivity index (χ4n) is 2.93. The molecule has 0 bridgehead atoms. The highest BCUT2D eigenvalue weighted by Gasteiger charge is 2.22. The van der Waals surface area contributed by atoms with Gasteiger partial charge in [-0.05, 0) is 18.2 Å². The molecule has 0 aliphatic rings. The van der Waals surface area contributed by atoms with Gasteiger partial charge in [0.2, 0.25) is 0 Å². The number of hydrogen-bond acceptors (Lipinski definition) is 4. The topological polar surface area (TPSA) is 56.6 Å². The summed E-state index contributed by atoms with van der Waals surface area (Å²) in [5, 5.41) is 4.72. The lowest BCUT2D eigenvalue weighted by molar-refractivity contribution is 0.0619. The van der Waals surface area contributed by atoms with Crippen LogP contribution in [0.3, 0.4) is 0 Å². The number of benzene rings is 2. The second-order valence-electron chi connectivity index (χ2n) is 6.31. The standard InChI is InChI=1S/C22H25N3O3/c1-27-15-13-24(14-16-28-2)22(26)21-17-20(18-9-5-3-6-10-18)23-25(21)19-11-7-4-8-12-19/h3-12,17H,13-16H2,1-2H3. The van der Waals surface area contributed by atoms with E-state index in [0.717, 1.165) is 16.9 Å². The zero-order valence-corrected chi connectivity index (χ0v) is 16.2. The monoisotopic (exact) mass is 379 g/mol. The summed E-state index contributed by atoms with van der Waals surface area (Å²) in [6.45, 7) is 1.89. The normalized spacial score (nSPS) is 10.8. The third kappa shape index (κ3) is 4.65. The third-order valence-corrected chi connectivity index (χ3v) is 4.42. The van der Waals surface area contributed by atoms with Gasteiger partial charge >= 0.3 is 0 Å². The maximum atomic E-state index is 13.3. The molecule has 3 rings (SSSR count). The Kier molecular flexibility index (Phi) is 6.94. The van der Waals surface area contributed by atoms with Crippen LogP contribution in [-0.2, 0) is 9.47 Å². The Morgan fingerprint density at radius 3 is 2.07 bits per heavy atom. The van der Waals surface area contributed by atoms with Crippen molar-refractivity contribution in [2.24, 2.45) is 0 Å². The van der Waals surface area contributed by atoms with Crippen molar-refractivity contribution in [3.8, 4) is 16.9 Å². The average Bonchev–Trinajstić information content (AvgIpc) is 3.20. The lowest BCUT2D eigenvalue weighted by atomic mass is 10.1. The van der Waals surface area contributed by atoms with Crippen LogP contribution in [0.1, 0.15) is 10.5 Å². The molecule has 0 fully saturated rings. The minimum absolute atomic E-state index is 0.104. The molecule has 1 aromatic heterocycles. The molecule has 0 spiro atoms. The molecular formula is C22H25N3O3. The molecule has 28 heavy (non-hydrogen) atoms. The number of rotatable bonds is 9. The van der Waals surface area contributed by atoms with E-state index in [1.165, 1.54) is 0 Å². The minimum atomic E-state index is -0.104. The van der Waals surface area contributed by atoms with Gasteiger partial charge in [0.15, 0.2) is 0 Å². The van der Waals surface area contributed by atoms with Crippen LogP contribution in [-0.4, -0.2) is 61.1 Å². The summed E-state index contributed by atoms with van der Waals surface area (Å²) in [5.74, 6) is -0.104. The van der Waals surface area contributed by atoms with Crippen molar-refractivity contribution in [1.82, 2.24) is 14.7 Å². The summed E-state index contributed by atoms with van der Waals surface area (Å²) in [6.07, 6.45) is 0. The highest BCUT2D eigenvalue weighted by molar-refractivity contribution is 5.94. The van der Waals surface area contributed by atoms with Crippen LogP contribution >= 0.6 is 0 Å². The van der Waals surface area contributed by atoms with E-state index >= 15 is 0 Å². The predicted molar refractivity (Wildman–Crippen MR) is 109 cm³/mol. The summed E-state index contributed by atoms with van der Waals surface area (Å²) >= 11 is 0. The third-order valence-electron chi connectivity index (χ3n) is 4.42. The van der Waals surface area contributed by atoms with Crippen molar-refractivity contribution < 1.29 is 14.3 Å². The lowest BCUT2D eigenvalue weighted by Crippen LogP contribution is -2.37. The summed E-state index contributed by atoms with van der Waals surface area (Å²) in [6, 6.07) is 21.4. The van der Waals surface area contributed by atoms with E-state index in [1.807, 2.05) is 66.7 Å². The van der Waals surface area contributed by atoms with E-state index in [4.69, 9.17) is 14.6 Å². The van der Waals surface area contributed by atoms with Crippen molar-refractivity contribution in [2.45, 2.75) is 0 Å². The molecule has 6 heteroatoms. The maximum Gasteiger partial charge on any atom is 0.272 e. The number of ether oxygens (including phenoxy) is 2. The Balaban J connectivity index is 2.01. The van der Waals surface area contributed by atoms with Gasteiger partial charge in [0.05, 0.1) is 24.6 Å². The number of methoxy groups -OCH3 is 2. The first-order valence-corrected chi connectivity index (χ1v) is 9.22. The Labute approximate surface area is 165 Å². The number of amides is 1. The fraction of sp³-hybridized carbons (Fsp3) is 0.273. The van der Waals surface area contributed by atoms with Crippen LogP contribution in [0.4, 0.5) is 0 Å². The smallest absolute Gasteiger partial charge is 0.272 e. The summed E-state index contributed by atoms with van der Waals surface area (Å²) < 4.78 is 12.0. The zero-order valence-electron chi connectivity index (χ0n) is 16.2. The SMILES string of the molecule is COCCN(CCOC)C(=O)c1cc(-c2ccccc2)nn1-c1ccccc1. The van der Waals surface area contributed by atoms with Gasteiger partial charge in [-0.25, -0.2) is 4.68 Å². The molecule has 146 valence electrons. The number of carbonyl (C=O) groups is 1. The molecule has 2 aromatic carbocycles. The van der Waals surface area contributed by atoms with Crippen LogP contribution in [0, 0.1) is 0 Å². The molecule has 3 aromatic rings. The Hall–Kier alpha value is -2.96. The summed E-state index contributed by atoms with van der Waals surface area (Å²) in [4.78, 5) is 15.1. The zero-order chi connectivity index (χ0) is 19.8. The number of hydrogen-bond donors (Lipinski definition) is 0. The van der Waals surface area contributed by atoms with E-state index in [2.05, 4.69) is 0 Å². The van der Waals surface area contributed by atoms with Gasteiger partial charge in [0.25, 0.3) is 5.91 Å². The second kappa shape index (κ2) is 9.82. The fourth-order valence-corrected chi connectivity index (χ4v) is 2.93. The van der Waals surface area contributed by atoms with Gasteiger partial charge in [-0.15, -0.1) is 0 Å². The van der Waals surface area contributed by atoms with Crippen LogP contribution < -0.4 is 0 Å². The lowest BCUT2D eigenvalue weighted by Gasteiger charge is -2.22. The highest BCUT2D eigenvalue weighted by atomic mass is 16.5. The first kappa shape index (κ1) is 19.8. The number of nitrogens with zero attached hydrogens (tertiary/aromatic N) is 3. The number of carbonyl (C=O) groups excluding carboxylic acids is 1. The molecule has 0 radical (unpaired) electrons. The van der Waals surface area contributed by atoms with Crippen molar-refractivity contribution in [1.29, 1.82) is 0 Å². The van der Waals surface area contributed by atoms with Gasteiger partial charge in [0.1, 0.15) is 5.69 Å². The van der Waals surface area contributed by atoms with Crippen molar-refractivity contribution >= 4 is 5.91 Å². The van der Waals surface area contributed by atoms with Crippen LogP contribution in [0.2, 0.25) is 0 Å². The first-order chi connectivity index (χ1) is 13.7. The second-order valence-corrected chi connectivity index (χ2v) is 6.31. The van der Waals surface area contributed by atoms with E-state index in [-0.39, 0.29) is 5.91 Å². The van der Waals surface area contributed by atoms with E-state index in [0.29, 0.717) is 32.0 Å². The van der Waals surface area contributed by atoms with Crippen LogP contribution in [0.25, 0.3) is 16.9 Å². The molecule has 0 atom stereocenters. The molecule has 0 unspecified atom stereocenters.